The van der Waals surface area contributed by atoms with Crippen LogP contribution in [0.4, 0.5) is 8.78 Å². The minimum absolute atomic E-state index is 0.356. The predicted octanol–water partition coefficient (Wildman–Crippen LogP) is 0.624. The van der Waals surface area contributed by atoms with Crippen LogP contribution < -0.4 is 9.88 Å². The number of benzene rings is 1. The molecule has 0 saturated heterocycles. The van der Waals surface area contributed by atoms with Crippen molar-refractivity contribution in [2.24, 2.45) is 5.14 Å². The first-order chi connectivity index (χ1) is 7.36. The van der Waals surface area contributed by atoms with Crippen LogP contribution in [0, 0.1) is 24.0 Å². The molecule has 0 heterocycles. The van der Waals surface area contributed by atoms with E-state index in [9.17, 15) is 17.2 Å². The SMILES string of the molecule is C#CCOc1c(F)cc(F)cc1S(N)(=O)=O. The fourth-order valence-electron chi connectivity index (χ4n) is 1.00. The zero-order chi connectivity index (χ0) is 12.3. The summed E-state index contributed by atoms with van der Waals surface area (Å²) in [6, 6.07) is 1.03. The number of halogens is 2. The summed E-state index contributed by atoms with van der Waals surface area (Å²) in [5.41, 5.74) is 0. The summed E-state index contributed by atoms with van der Waals surface area (Å²) in [6.07, 6.45) is 4.86. The second-order valence-corrected chi connectivity index (χ2v) is 4.28. The van der Waals surface area contributed by atoms with Gasteiger partial charge >= 0.3 is 0 Å². The fraction of sp³-hybridized carbons (Fsp3) is 0.111. The molecule has 1 aromatic rings. The van der Waals surface area contributed by atoms with E-state index in [1.54, 1.807) is 0 Å². The molecule has 0 aliphatic rings. The van der Waals surface area contributed by atoms with Gasteiger partial charge in [0.25, 0.3) is 0 Å². The first-order valence-corrected chi connectivity index (χ1v) is 5.49. The van der Waals surface area contributed by atoms with Gasteiger partial charge in [-0.25, -0.2) is 22.3 Å². The molecule has 0 unspecified atom stereocenters. The topological polar surface area (TPSA) is 69.4 Å². The average Bonchev–Trinajstić information content (AvgIpc) is 2.14. The molecule has 0 amide bonds. The van der Waals surface area contributed by atoms with Crippen molar-refractivity contribution in [3.63, 3.8) is 0 Å². The lowest BCUT2D eigenvalue weighted by atomic mass is 10.3. The molecule has 0 aliphatic heterocycles. The summed E-state index contributed by atoms with van der Waals surface area (Å²) in [7, 11) is -4.28. The van der Waals surface area contributed by atoms with Crippen molar-refractivity contribution in [2.75, 3.05) is 6.61 Å². The number of nitrogens with two attached hydrogens (primary N) is 1. The van der Waals surface area contributed by atoms with E-state index in [0.29, 0.717) is 12.1 Å². The molecule has 1 aromatic carbocycles. The van der Waals surface area contributed by atoms with E-state index in [2.05, 4.69) is 4.74 Å². The molecule has 0 fully saturated rings. The smallest absolute Gasteiger partial charge is 0.241 e. The zero-order valence-corrected chi connectivity index (χ0v) is 8.72. The highest BCUT2D eigenvalue weighted by molar-refractivity contribution is 7.89. The normalized spacial score (nSPS) is 10.9. The van der Waals surface area contributed by atoms with Gasteiger partial charge < -0.3 is 4.74 Å². The van der Waals surface area contributed by atoms with Crippen LogP contribution in [0.3, 0.4) is 0 Å². The molecular formula is C9H7F2NO3S. The van der Waals surface area contributed by atoms with Crippen molar-refractivity contribution >= 4 is 10.0 Å². The van der Waals surface area contributed by atoms with E-state index in [0.717, 1.165) is 0 Å². The lowest BCUT2D eigenvalue weighted by Crippen LogP contribution is -2.15. The summed E-state index contributed by atoms with van der Waals surface area (Å²) < 4.78 is 52.7. The second-order valence-electron chi connectivity index (χ2n) is 2.75. The van der Waals surface area contributed by atoms with Gasteiger partial charge in [-0.1, -0.05) is 5.92 Å². The van der Waals surface area contributed by atoms with Crippen LogP contribution in [-0.4, -0.2) is 15.0 Å². The Morgan fingerprint density at radius 3 is 2.56 bits per heavy atom. The zero-order valence-electron chi connectivity index (χ0n) is 7.91. The van der Waals surface area contributed by atoms with E-state index in [1.807, 2.05) is 5.92 Å². The van der Waals surface area contributed by atoms with Gasteiger partial charge in [-0.2, -0.15) is 0 Å². The van der Waals surface area contributed by atoms with Gasteiger partial charge in [0.05, 0.1) is 0 Å². The molecule has 4 nitrogen and oxygen atoms in total. The third-order valence-electron chi connectivity index (χ3n) is 1.58. The second kappa shape index (κ2) is 4.47. The van der Waals surface area contributed by atoms with Crippen molar-refractivity contribution in [3.05, 3.63) is 23.8 Å². The first-order valence-electron chi connectivity index (χ1n) is 3.94. The van der Waals surface area contributed by atoms with Gasteiger partial charge in [-0.3, -0.25) is 0 Å². The van der Waals surface area contributed by atoms with E-state index >= 15 is 0 Å². The fourth-order valence-corrected chi connectivity index (χ4v) is 1.69. The number of primary sulfonamides is 1. The Hall–Kier alpha value is -1.65. The average molecular weight is 247 g/mol. The molecule has 86 valence electrons. The Balaban J connectivity index is 3.40. The molecule has 0 aliphatic carbocycles. The lowest BCUT2D eigenvalue weighted by molar-refractivity contribution is 0.335. The van der Waals surface area contributed by atoms with Gasteiger partial charge in [-0.15, -0.1) is 6.42 Å². The molecule has 1 rings (SSSR count). The molecule has 16 heavy (non-hydrogen) atoms. The number of hydrogen-bond acceptors (Lipinski definition) is 3. The van der Waals surface area contributed by atoms with Crippen LogP contribution in [-0.2, 0) is 10.0 Å². The van der Waals surface area contributed by atoms with Crippen molar-refractivity contribution in [1.29, 1.82) is 0 Å². The summed E-state index contributed by atoms with van der Waals surface area (Å²) in [6.45, 7) is -0.356. The maximum atomic E-state index is 13.2. The van der Waals surface area contributed by atoms with Crippen LogP contribution >= 0.6 is 0 Å². The number of ether oxygens (including phenoxy) is 1. The van der Waals surface area contributed by atoms with Gasteiger partial charge in [0.15, 0.2) is 11.6 Å². The number of terminal acetylenes is 1. The Morgan fingerprint density at radius 1 is 1.44 bits per heavy atom. The minimum atomic E-state index is -4.28. The van der Waals surface area contributed by atoms with Crippen LogP contribution in [0.5, 0.6) is 5.75 Å². The van der Waals surface area contributed by atoms with Crippen LogP contribution in [0.15, 0.2) is 17.0 Å². The molecular weight excluding hydrogens is 240 g/mol. The van der Waals surface area contributed by atoms with E-state index in [-0.39, 0.29) is 6.61 Å². The van der Waals surface area contributed by atoms with Crippen molar-refractivity contribution < 1.29 is 21.9 Å². The first kappa shape index (κ1) is 12.4. The van der Waals surface area contributed by atoms with Gasteiger partial charge in [0.2, 0.25) is 10.0 Å². The largest absolute Gasteiger partial charge is 0.476 e. The van der Waals surface area contributed by atoms with E-state index in [4.69, 9.17) is 11.6 Å². The summed E-state index contributed by atoms with van der Waals surface area (Å²) in [5, 5.41) is 4.77. The Labute approximate surface area is 91.1 Å². The molecule has 0 saturated carbocycles. The predicted molar refractivity (Wildman–Crippen MR) is 52.1 cm³/mol. The molecule has 7 heteroatoms. The summed E-state index contributed by atoms with van der Waals surface area (Å²) in [4.78, 5) is -0.778. The van der Waals surface area contributed by atoms with Gasteiger partial charge in [0, 0.05) is 6.07 Å². The molecule has 0 atom stereocenters. The third kappa shape index (κ3) is 2.68. The van der Waals surface area contributed by atoms with Crippen LogP contribution in [0.25, 0.3) is 0 Å². The highest BCUT2D eigenvalue weighted by Gasteiger charge is 2.20. The van der Waals surface area contributed by atoms with Crippen molar-refractivity contribution in [3.8, 4) is 18.1 Å². The number of sulfonamides is 1. The Morgan fingerprint density at radius 2 is 2.06 bits per heavy atom. The molecule has 0 bridgehead atoms. The summed E-state index contributed by atoms with van der Waals surface area (Å²) in [5.74, 6) is -0.916. The quantitative estimate of drug-likeness (QED) is 0.796. The monoisotopic (exact) mass is 247 g/mol. The Bertz CT molecular complexity index is 549. The number of hydrogen-bond donors (Lipinski definition) is 1. The summed E-state index contributed by atoms with van der Waals surface area (Å²) >= 11 is 0. The maximum Gasteiger partial charge on any atom is 0.241 e. The molecule has 0 spiro atoms. The van der Waals surface area contributed by atoms with Crippen LogP contribution in [0.1, 0.15) is 0 Å². The lowest BCUT2D eigenvalue weighted by Gasteiger charge is -2.08. The highest BCUT2D eigenvalue weighted by atomic mass is 32.2. The molecule has 0 radical (unpaired) electrons. The van der Waals surface area contributed by atoms with Crippen molar-refractivity contribution in [1.82, 2.24) is 0 Å². The van der Waals surface area contributed by atoms with Crippen LogP contribution in [0.2, 0.25) is 0 Å². The standard InChI is InChI=1S/C9H7F2NO3S/c1-2-3-15-9-7(11)4-6(10)5-8(9)16(12,13)14/h1,4-5H,3H2,(H2,12,13,14). The molecule has 0 aromatic heterocycles. The van der Waals surface area contributed by atoms with E-state index in [1.165, 1.54) is 0 Å². The van der Waals surface area contributed by atoms with Gasteiger partial charge in [0.1, 0.15) is 17.3 Å². The maximum absolute atomic E-state index is 13.2. The highest BCUT2D eigenvalue weighted by Crippen LogP contribution is 2.27. The third-order valence-corrected chi connectivity index (χ3v) is 2.50. The van der Waals surface area contributed by atoms with Gasteiger partial charge in [-0.05, 0) is 6.07 Å². The Kier molecular flexibility index (Phi) is 3.47. The molecule has 2 N–H and O–H groups in total. The minimum Gasteiger partial charge on any atom is -0.476 e. The number of rotatable bonds is 3. The van der Waals surface area contributed by atoms with E-state index < -0.39 is 32.3 Å². The van der Waals surface area contributed by atoms with Crippen molar-refractivity contribution in [2.45, 2.75) is 4.90 Å².